The zero-order valence-electron chi connectivity index (χ0n) is 15.3. The molecule has 7 nitrogen and oxygen atoms in total. The molecule has 2 amide bonds. The number of nitrogens with one attached hydrogen (secondary N) is 2. The average molecular weight is 516 g/mol. The van der Waals surface area contributed by atoms with Crippen LogP contribution in [-0.4, -0.2) is 29.7 Å². The van der Waals surface area contributed by atoms with Gasteiger partial charge in [0.05, 0.1) is 16.4 Å². The number of carbonyl (C=O) groups is 2. The van der Waals surface area contributed by atoms with Gasteiger partial charge in [-0.1, -0.05) is 17.7 Å². The van der Waals surface area contributed by atoms with Gasteiger partial charge >= 0.3 is 0 Å². The Morgan fingerprint density at radius 3 is 2.71 bits per heavy atom. The predicted molar refractivity (Wildman–Crippen MR) is 117 cm³/mol. The van der Waals surface area contributed by atoms with Crippen molar-refractivity contribution in [1.82, 2.24) is 5.43 Å². The molecule has 0 atom stereocenters. The number of halogens is 2. The first-order valence-electron chi connectivity index (χ1n) is 8.33. The molecule has 0 fully saturated rings. The molecule has 28 heavy (non-hydrogen) atoms. The lowest BCUT2D eigenvalue weighted by Gasteiger charge is -2.08. The summed E-state index contributed by atoms with van der Waals surface area (Å²) >= 11 is 7.98. The summed E-state index contributed by atoms with van der Waals surface area (Å²) in [7, 11) is 0. The summed E-state index contributed by atoms with van der Waals surface area (Å²) < 4.78 is 5.93. The van der Waals surface area contributed by atoms with Crippen molar-refractivity contribution in [2.24, 2.45) is 5.10 Å². The summed E-state index contributed by atoms with van der Waals surface area (Å²) in [5.74, 6) is -0.661. The smallest absolute Gasteiger partial charge is 0.249 e. The molecule has 0 saturated carbocycles. The fraction of sp³-hybridized carbons (Fsp3) is 0.211. The van der Waals surface area contributed by atoms with Gasteiger partial charge in [0.1, 0.15) is 6.42 Å². The molecular weight excluding hydrogens is 497 g/mol. The third-order valence-electron chi connectivity index (χ3n) is 3.53. The van der Waals surface area contributed by atoms with Gasteiger partial charge in [0.25, 0.3) is 0 Å². The number of hydrogen-bond donors (Lipinski definition) is 3. The Kier molecular flexibility index (Phi) is 8.06. The van der Waals surface area contributed by atoms with Crippen LogP contribution in [0.4, 0.5) is 5.69 Å². The van der Waals surface area contributed by atoms with Gasteiger partial charge in [-0.3, -0.25) is 9.59 Å². The number of ether oxygens (including phenoxy) is 1. The van der Waals surface area contributed by atoms with Crippen LogP contribution in [0.2, 0.25) is 5.02 Å². The second kappa shape index (κ2) is 10.3. The molecule has 0 radical (unpaired) electrons. The van der Waals surface area contributed by atoms with Crippen molar-refractivity contribution in [2.45, 2.75) is 20.3 Å². The van der Waals surface area contributed by atoms with Crippen molar-refractivity contribution >= 4 is 57.9 Å². The van der Waals surface area contributed by atoms with Crippen LogP contribution < -0.4 is 15.5 Å². The van der Waals surface area contributed by atoms with E-state index in [-0.39, 0.29) is 12.2 Å². The van der Waals surface area contributed by atoms with Crippen LogP contribution in [0.1, 0.15) is 24.5 Å². The van der Waals surface area contributed by atoms with Crippen LogP contribution in [-0.2, 0) is 9.59 Å². The standard InChI is InChI=1S/C19H19ClIN3O4/c1-3-28-16-7-12(6-15(21)19(16)27)10-22-24-18(26)9-17(25)23-13-5-4-11(2)14(20)8-13/h4-8,10,27H,3,9H2,1-2H3,(H,23,25)(H,24,26)/b22-10+. The molecule has 0 aliphatic heterocycles. The Balaban J connectivity index is 1.91. The lowest BCUT2D eigenvalue weighted by Crippen LogP contribution is -2.24. The summed E-state index contributed by atoms with van der Waals surface area (Å²) in [6.07, 6.45) is 1.01. The Hall–Kier alpha value is -2.33. The molecule has 2 aromatic rings. The van der Waals surface area contributed by atoms with E-state index in [0.29, 0.717) is 32.2 Å². The number of benzene rings is 2. The fourth-order valence-corrected chi connectivity index (χ4v) is 2.98. The second-order valence-electron chi connectivity index (χ2n) is 5.76. The minimum absolute atomic E-state index is 0.0523. The van der Waals surface area contributed by atoms with E-state index in [1.54, 1.807) is 30.3 Å². The zero-order chi connectivity index (χ0) is 20.7. The summed E-state index contributed by atoms with van der Waals surface area (Å²) in [5, 5.41) is 16.9. The largest absolute Gasteiger partial charge is 0.504 e. The van der Waals surface area contributed by atoms with Gasteiger partial charge in [-0.2, -0.15) is 5.10 Å². The van der Waals surface area contributed by atoms with Crippen LogP contribution in [0.25, 0.3) is 0 Å². The van der Waals surface area contributed by atoms with Gasteiger partial charge in [-0.15, -0.1) is 0 Å². The summed E-state index contributed by atoms with van der Waals surface area (Å²) in [6.45, 7) is 4.07. The maximum Gasteiger partial charge on any atom is 0.249 e. The van der Waals surface area contributed by atoms with E-state index in [1.807, 2.05) is 36.4 Å². The number of phenols is 1. The highest BCUT2D eigenvalue weighted by atomic mass is 127. The van der Waals surface area contributed by atoms with Crippen LogP contribution >= 0.6 is 34.2 Å². The number of anilines is 1. The van der Waals surface area contributed by atoms with Crippen LogP contribution in [0.15, 0.2) is 35.4 Å². The Bertz CT molecular complexity index is 918. The quantitative estimate of drug-likeness (QED) is 0.226. The number of aromatic hydroxyl groups is 1. The minimum Gasteiger partial charge on any atom is -0.504 e. The molecule has 2 aromatic carbocycles. The molecule has 0 spiro atoms. The molecule has 0 bridgehead atoms. The number of amides is 2. The second-order valence-corrected chi connectivity index (χ2v) is 7.33. The number of aryl methyl sites for hydroxylation is 1. The normalized spacial score (nSPS) is 10.7. The third kappa shape index (κ3) is 6.38. The van der Waals surface area contributed by atoms with Crippen molar-refractivity contribution in [3.05, 3.63) is 50.1 Å². The molecular formula is C19H19ClIN3O4. The van der Waals surface area contributed by atoms with Crippen molar-refractivity contribution < 1.29 is 19.4 Å². The predicted octanol–water partition coefficient (Wildman–Crippen LogP) is 3.84. The van der Waals surface area contributed by atoms with Crippen molar-refractivity contribution in [2.75, 3.05) is 11.9 Å². The third-order valence-corrected chi connectivity index (χ3v) is 4.76. The molecule has 0 aliphatic carbocycles. The average Bonchev–Trinajstić information content (AvgIpc) is 2.62. The van der Waals surface area contributed by atoms with Gasteiger partial charge in [0, 0.05) is 10.7 Å². The van der Waals surface area contributed by atoms with E-state index >= 15 is 0 Å². The molecule has 148 valence electrons. The van der Waals surface area contributed by atoms with E-state index in [4.69, 9.17) is 16.3 Å². The molecule has 0 heterocycles. The lowest BCUT2D eigenvalue weighted by atomic mass is 10.2. The number of carbonyl (C=O) groups excluding carboxylic acids is 2. The molecule has 9 heteroatoms. The first kappa shape index (κ1) is 22.0. The zero-order valence-corrected chi connectivity index (χ0v) is 18.2. The van der Waals surface area contributed by atoms with Crippen molar-refractivity contribution in [3.63, 3.8) is 0 Å². The summed E-state index contributed by atoms with van der Waals surface area (Å²) in [4.78, 5) is 23.8. The van der Waals surface area contributed by atoms with Gasteiger partial charge < -0.3 is 15.2 Å². The van der Waals surface area contributed by atoms with E-state index in [0.717, 1.165) is 5.56 Å². The highest BCUT2D eigenvalue weighted by Crippen LogP contribution is 2.32. The number of rotatable bonds is 7. The van der Waals surface area contributed by atoms with Gasteiger partial charge in [0.15, 0.2) is 11.5 Å². The maximum atomic E-state index is 11.9. The molecule has 0 aliphatic rings. The topological polar surface area (TPSA) is 100 Å². The van der Waals surface area contributed by atoms with Crippen LogP contribution in [0, 0.1) is 10.5 Å². The number of hydrazone groups is 1. The fourth-order valence-electron chi connectivity index (χ4n) is 2.17. The summed E-state index contributed by atoms with van der Waals surface area (Å²) in [6, 6.07) is 8.38. The molecule has 0 unspecified atom stereocenters. The Morgan fingerprint density at radius 2 is 2.04 bits per heavy atom. The molecule has 0 aromatic heterocycles. The first-order chi connectivity index (χ1) is 13.3. The first-order valence-corrected chi connectivity index (χ1v) is 9.79. The number of hydrogen-bond acceptors (Lipinski definition) is 5. The maximum absolute atomic E-state index is 11.9. The minimum atomic E-state index is -0.564. The SMILES string of the molecule is CCOc1cc(/C=N/NC(=O)CC(=O)Nc2ccc(C)c(Cl)c2)cc(I)c1O. The highest BCUT2D eigenvalue weighted by molar-refractivity contribution is 14.1. The highest BCUT2D eigenvalue weighted by Gasteiger charge is 2.11. The van der Waals surface area contributed by atoms with Crippen LogP contribution in [0.3, 0.4) is 0 Å². The van der Waals surface area contributed by atoms with E-state index in [2.05, 4.69) is 15.8 Å². The van der Waals surface area contributed by atoms with Gasteiger partial charge in [0.2, 0.25) is 11.8 Å². The van der Waals surface area contributed by atoms with Crippen molar-refractivity contribution in [3.8, 4) is 11.5 Å². The number of nitrogens with zero attached hydrogens (tertiary/aromatic N) is 1. The molecule has 3 N–H and O–H groups in total. The monoisotopic (exact) mass is 515 g/mol. The number of phenolic OH excluding ortho intramolecular Hbond substituents is 1. The van der Waals surface area contributed by atoms with Gasteiger partial charge in [-0.25, -0.2) is 5.43 Å². The van der Waals surface area contributed by atoms with E-state index in [9.17, 15) is 14.7 Å². The molecule has 2 rings (SSSR count). The van der Waals surface area contributed by atoms with Crippen molar-refractivity contribution in [1.29, 1.82) is 0 Å². The van der Waals surface area contributed by atoms with Gasteiger partial charge in [-0.05, 0) is 71.8 Å². The lowest BCUT2D eigenvalue weighted by molar-refractivity contribution is -0.126. The Labute approximate surface area is 181 Å². The molecule has 0 saturated heterocycles. The van der Waals surface area contributed by atoms with E-state index < -0.39 is 11.8 Å². The van der Waals surface area contributed by atoms with E-state index in [1.165, 1.54) is 6.21 Å². The van der Waals surface area contributed by atoms with Crippen LogP contribution in [0.5, 0.6) is 11.5 Å². The summed E-state index contributed by atoms with van der Waals surface area (Å²) in [5.41, 5.74) is 4.33. The Morgan fingerprint density at radius 1 is 1.29 bits per heavy atom.